The fourth-order valence-electron chi connectivity index (χ4n) is 3.39. The van der Waals surface area contributed by atoms with E-state index in [9.17, 15) is 4.39 Å². The first-order valence-corrected chi connectivity index (χ1v) is 10.5. The lowest BCUT2D eigenvalue weighted by Gasteiger charge is -2.36. The van der Waals surface area contributed by atoms with Gasteiger partial charge in [-0.25, -0.2) is 4.39 Å². The van der Waals surface area contributed by atoms with Crippen LogP contribution in [0.1, 0.15) is 6.42 Å². The Labute approximate surface area is 198 Å². The van der Waals surface area contributed by atoms with E-state index in [0.717, 1.165) is 83.6 Å². The average molecular weight is 536 g/mol. The Morgan fingerprint density at radius 2 is 1.77 bits per heavy atom. The van der Waals surface area contributed by atoms with E-state index < -0.39 is 0 Å². The number of benzene rings is 1. The van der Waals surface area contributed by atoms with Gasteiger partial charge in [0, 0.05) is 85.4 Å². The van der Waals surface area contributed by atoms with Crippen molar-refractivity contribution >= 4 is 35.6 Å². The summed E-state index contributed by atoms with van der Waals surface area (Å²) in [5, 5.41) is 6.77. The summed E-state index contributed by atoms with van der Waals surface area (Å²) in [6, 6.07) is 6.78. The number of ether oxygens (including phenoxy) is 1. The van der Waals surface area contributed by atoms with Crippen molar-refractivity contribution in [2.75, 3.05) is 91.6 Å². The monoisotopic (exact) mass is 536 g/mol. The normalized spacial score (nSPS) is 15.2. The van der Waals surface area contributed by atoms with E-state index in [0.29, 0.717) is 0 Å². The molecule has 2 rings (SSSR count). The van der Waals surface area contributed by atoms with Crippen LogP contribution in [0.4, 0.5) is 10.1 Å². The van der Waals surface area contributed by atoms with Crippen molar-refractivity contribution in [1.82, 2.24) is 20.4 Å². The van der Waals surface area contributed by atoms with Gasteiger partial charge in [-0.05, 0) is 37.7 Å². The van der Waals surface area contributed by atoms with Crippen LogP contribution in [0, 0.1) is 5.82 Å². The van der Waals surface area contributed by atoms with Gasteiger partial charge in [-0.15, -0.1) is 24.0 Å². The molecule has 1 aromatic rings. The molecule has 0 aliphatic carbocycles. The van der Waals surface area contributed by atoms with E-state index in [4.69, 9.17) is 4.74 Å². The molecule has 1 fully saturated rings. The zero-order valence-electron chi connectivity index (χ0n) is 18.6. The number of halogens is 2. The number of likely N-dealkylation sites (N-methyl/N-ethyl adjacent to an activating group) is 1. The van der Waals surface area contributed by atoms with Gasteiger partial charge in [0.1, 0.15) is 5.82 Å². The minimum Gasteiger partial charge on any atom is -0.385 e. The molecule has 0 bridgehead atoms. The Bertz CT molecular complexity index is 596. The standard InChI is InChI=1S/C21H37FN6O.HI/c1-23-21(24-9-12-26(2)11-4-18-29-3)25-10-13-27-14-16-28(17-15-27)20-7-5-19(22)6-8-20;/h5-8H,4,9-18H2,1-3H3,(H2,23,24,25);1H. The second kappa shape index (κ2) is 15.6. The highest BCUT2D eigenvalue weighted by molar-refractivity contribution is 14.0. The van der Waals surface area contributed by atoms with Gasteiger partial charge in [0.05, 0.1) is 0 Å². The summed E-state index contributed by atoms with van der Waals surface area (Å²) in [6.07, 6.45) is 1.05. The smallest absolute Gasteiger partial charge is 0.191 e. The predicted octanol–water partition coefficient (Wildman–Crippen LogP) is 1.70. The van der Waals surface area contributed by atoms with E-state index >= 15 is 0 Å². The number of hydrogen-bond donors (Lipinski definition) is 2. The van der Waals surface area contributed by atoms with Crippen LogP contribution < -0.4 is 15.5 Å². The van der Waals surface area contributed by atoms with E-state index in [1.165, 1.54) is 12.1 Å². The van der Waals surface area contributed by atoms with Gasteiger partial charge in [-0.1, -0.05) is 0 Å². The van der Waals surface area contributed by atoms with E-state index in [2.05, 4.69) is 37.4 Å². The number of nitrogens with zero attached hydrogens (tertiary/aromatic N) is 4. The molecule has 0 radical (unpaired) electrons. The van der Waals surface area contributed by atoms with Crippen LogP contribution in [0.25, 0.3) is 0 Å². The van der Waals surface area contributed by atoms with Crippen molar-refractivity contribution in [3.05, 3.63) is 30.1 Å². The van der Waals surface area contributed by atoms with Crippen molar-refractivity contribution in [2.24, 2.45) is 4.99 Å². The highest BCUT2D eigenvalue weighted by atomic mass is 127. The van der Waals surface area contributed by atoms with Crippen molar-refractivity contribution in [2.45, 2.75) is 6.42 Å². The second-order valence-electron chi connectivity index (χ2n) is 7.38. The number of piperazine rings is 1. The zero-order chi connectivity index (χ0) is 20.9. The van der Waals surface area contributed by atoms with Gasteiger partial charge in [0.15, 0.2) is 5.96 Å². The number of rotatable bonds is 11. The first-order chi connectivity index (χ1) is 14.1. The van der Waals surface area contributed by atoms with Crippen molar-refractivity contribution in [1.29, 1.82) is 0 Å². The maximum Gasteiger partial charge on any atom is 0.191 e. The molecule has 0 saturated carbocycles. The van der Waals surface area contributed by atoms with Gasteiger partial charge in [-0.2, -0.15) is 0 Å². The fourth-order valence-corrected chi connectivity index (χ4v) is 3.39. The highest BCUT2D eigenvalue weighted by Crippen LogP contribution is 2.16. The second-order valence-corrected chi connectivity index (χ2v) is 7.38. The average Bonchev–Trinajstić information content (AvgIpc) is 2.74. The number of nitrogens with one attached hydrogen (secondary N) is 2. The van der Waals surface area contributed by atoms with Crippen LogP contribution in [0.2, 0.25) is 0 Å². The maximum atomic E-state index is 13.1. The van der Waals surface area contributed by atoms with Gasteiger partial charge in [0.25, 0.3) is 0 Å². The molecular formula is C21H38FIN6O. The molecule has 7 nitrogen and oxygen atoms in total. The summed E-state index contributed by atoms with van der Waals surface area (Å²) in [7, 11) is 5.67. The molecule has 2 N–H and O–H groups in total. The van der Waals surface area contributed by atoms with Crippen LogP contribution >= 0.6 is 24.0 Å². The lowest BCUT2D eigenvalue weighted by atomic mass is 10.2. The quantitative estimate of drug-likeness (QED) is 0.195. The van der Waals surface area contributed by atoms with E-state index in [1.807, 2.05) is 12.1 Å². The first-order valence-electron chi connectivity index (χ1n) is 10.5. The van der Waals surface area contributed by atoms with Crippen LogP contribution in [-0.2, 0) is 4.74 Å². The molecular weight excluding hydrogens is 498 g/mol. The molecule has 30 heavy (non-hydrogen) atoms. The molecule has 0 aromatic heterocycles. The number of anilines is 1. The van der Waals surface area contributed by atoms with Crippen LogP contribution in [0.15, 0.2) is 29.3 Å². The summed E-state index contributed by atoms with van der Waals surface area (Å²) in [6.45, 7) is 9.46. The van der Waals surface area contributed by atoms with Crippen LogP contribution in [0.3, 0.4) is 0 Å². The molecule has 0 atom stereocenters. The molecule has 1 aliphatic rings. The van der Waals surface area contributed by atoms with Gasteiger partial charge in [-0.3, -0.25) is 9.89 Å². The molecule has 1 aromatic carbocycles. The lowest BCUT2D eigenvalue weighted by Crippen LogP contribution is -2.49. The third kappa shape index (κ3) is 10.2. The van der Waals surface area contributed by atoms with Gasteiger partial charge < -0.3 is 25.2 Å². The number of methoxy groups -OCH3 is 1. The topological polar surface area (TPSA) is 55.4 Å². The van der Waals surface area contributed by atoms with Crippen LogP contribution in [0.5, 0.6) is 0 Å². The third-order valence-electron chi connectivity index (χ3n) is 5.18. The maximum absolute atomic E-state index is 13.1. The van der Waals surface area contributed by atoms with Crippen molar-refractivity contribution in [3.8, 4) is 0 Å². The molecule has 1 heterocycles. The summed E-state index contributed by atoms with van der Waals surface area (Å²) >= 11 is 0. The Morgan fingerprint density at radius 1 is 1.10 bits per heavy atom. The number of aliphatic imine (C=N–C) groups is 1. The molecule has 0 spiro atoms. The highest BCUT2D eigenvalue weighted by Gasteiger charge is 2.16. The Kier molecular flexibility index (Phi) is 14.0. The fraction of sp³-hybridized carbons (Fsp3) is 0.667. The summed E-state index contributed by atoms with van der Waals surface area (Å²) in [5.74, 6) is 0.665. The summed E-state index contributed by atoms with van der Waals surface area (Å²) in [4.78, 5) is 11.4. The summed E-state index contributed by atoms with van der Waals surface area (Å²) < 4.78 is 18.2. The Hall–Kier alpha value is -1.17. The number of hydrogen-bond acceptors (Lipinski definition) is 5. The van der Waals surface area contributed by atoms with Crippen LogP contribution in [-0.4, -0.2) is 102 Å². The van der Waals surface area contributed by atoms with Crippen molar-refractivity contribution < 1.29 is 9.13 Å². The predicted molar refractivity (Wildman–Crippen MR) is 134 cm³/mol. The third-order valence-corrected chi connectivity index (χ3v) is 5.18. The molecule has 172 valence electrons. The minimum absolute atomic E-state index is 0. The lowest BCUT2D eigenvalue weighted by molar-refractivity contribution is 0.180. The molecule has 1 aliphatic heterocycles. The van der Waals surface area contributed by atoms with E-state index in [1.54, 1.807) is 14.2 Å². The van der Waals surface area contributed by atoms with Crippen molar-refractivity contribution in [3.63, 3.8) is 0 Å². The van der Waals surface area contributed by atoms with Gasteiger partial charge >= 0.3 is 0 Å². The first kappa shape index (κ1) is 26.9. The minimum atomic E-state index is -0.182. The Balaban J connectivity index is 0.00000450. The largest absolute Gasteiger partial charge is 0.385 e. The van der Waals surface area contributed by atoms with E-state index in [-0.39, 0.29) is 29.8 Å². The Morgan fingerprint density at radius 3 is 2.40 bits per heavy atom. The molecule has 9 heteroatoms. The zero-order valence-corrected chi connectivity index (χ0v) is 20.9. The molecule has 1 saturated heterocycles. The molecule has 0 amide bonds. The van der Waals surface area contributed by atoms with Gasteiger partial charge in [0.2, 0.25) is 0 Å². The summed E-state index contributed by atoms with van der Waals surface area (Å²) in [5.41, 5.74) is 1.10. The number of guanidine groups is 1. The SMILES string of the molecule is CN=C(NCCN(C)CCCOC)NCCN1CCN(c2ccc(F)cc2)CC1.I. The molecule has 0 unspecified atom stereocenters.